The molecule has 6 aromatic carbocycles. The number of fused-ring (bicyclic) bond motifs is 4. The molecule has 5 nitrogen and oxygen atoms in total. The van der Waals surface area contributed by atoms with E-state index < -0.39 is 10.8 Å². The van der Waals surface area contributed by atoms with Crippen LogP contribution in [0.25, 0.3) is 61.2 Å². The summed E-state index contributed by atoms with van der Waals surface area (Å²) in [5, 5.41) is 2.27. The van der Waals surface area contributed by atoms with E-state index in [0.717, 1.165) is 61.2 Å². The van der Waals surface area contributed by atoms with Crippen LogP contribution in [0, 0.1) is 6.33 Å². The second-order valence-electron chi connectivity index (χ2n) is 21.0. The Morgan fingerprint density at radius 2 is 1.19 bits per heavy atom. The molecule has 0 unspecified atom stereocenters. The second-order valence-corrected chi connectivity index (χ2v) is 21.0. The van der Waals surface area contributed by atoms with Gasteiger partial charge in [-0.25, -0.2) is 4.98 Å². The minimum Gasteiger partial charge on any atom is -0.458 e. The maximum atomic E-state index is 9.80. The Balaban J connectivity index is 1.20. The van der Waals surface area contributed by atoms with Gasteiger partial charge < -0.3 is 4.74 Å². The third kappa shape index (κ3) is 7.84. The van der Waals surface area contributed by atoms with Gasteiger partial charge in [-0.3, -0.25) is 13.7 Å². The summed E-state index contributed by atoms with van der Waals surface area (Å²) in [6.07, 6.45) is 5.66. The molecule has 0 spiro atoms. The van der Waals surface area contributed by atoms with E-state index in [2.05, 4.69) is 176 Å². The fourth-order valence-corrected chi connectivity index (χ4v) is 8.45. The van der Waals surface area contributed by atoms with Gasteiger partial charge in [-0.15, -0.1) is 0 Å². The molecule has 0 aliphatic heterocycles. The predicted molar refractivity (Wildman–Crippen MR) is 263 cm³/mol. The summed E-state index contributed by atoms with van der Waals surface area (Å²) in [6, 6.07) is 42.3. The molecule has 0 saturated heterocycles. The van der Waals surface area contributed by atoms with Crippen molar-refractivity contribution < 1.29 is 13.4 Å². The topological polar surface area (TPSA) is 35.9 Å². The monoisotopic (exact) mass is 831 g/mol. The normalized spacial score (nSPS) is 13.4. The summed E-state index contributed by atoms with van der Waals surface area (Å²) in [5.74, 6) is 2.24. The first-order chi connectivity index (χ1) is 31.0. The van der Waals surface area contributed by atoms with E-state index in [1.807, 2.05) is 54.7 Å². The molecule has 0 saturated carbocycles. The Hall–Kier alpha value is -6.46. The van der Waals surface area contributed by atoms with Crippen molar-refractivity contribution in [3.63, 3.8) is 0 Å². The molecule has 0 N–H and O–H groups in total. The maximum Gasteiger partial charge on any atom is 0.269 e. The predicted octanol–water partition coefficient (Wildman–Crippen LogP) is 14.8. The van der Waals surface area contributed by atoms with Crippen LogP contribution in [-0.2, 0) is 21.7 Å². The average molecular weight is 832 g/mol. The lowest BCUT2D eigenvalue weighted by atomic mass is 9.78. The summed E-state index contributed by atoms with van der Waals surface area (Å²) in [6.45, 7) is 25.6. The standard InChI is InChI=1S/C58H60N4O/c1-55(2,3)39-29-30-59-53(34-39)62-49-24-14-13-21-46(49)47-28-27-44(36-52(47)62)63-43-20-17-19-42(35-43)60-37-61(51-26-16-15-25-50(51)60)54-45(22-18-23-48(54)58(10,11)12)38-31-40(56(4,5)6)33-41(32-38)57(7,8)9/h13-36H,1-12H3/i31D,32D,33D. The molecule has 5 heteroatoms. The van der Waals surface area contributed by atoms with Crippen molar-refractivity contribution >= 4 is 32.8 Å². The van der Waals surface area contributed by atoms with Crippen LogP contribution in [0.1, 0.15) is 109 Å². The summed E-state index contributed by atoms with van der Waals surface area (Å²) < 4.78 is 42.2. The molecule has 0 fully saturated rings. The number of benzene rings is 6. The SMILES string of the molecule is [2H]c1c(-c2cccc(C(C)(C)C)c2-[n+]2[c-]n(-c3cccc(Oc4ccc5c6ccccc6n(-c6cc(C(C)(C)C)ccn6)c5c4)c3)c3ccccc32)c([2H])c(C(C)(C)C)c([2H])c1C(C)(C)C. The largest absolute Gasteiger partial charge is 0.458 e. The highest BCUT2D eigenvalue weighted by atomic mass is 16.5. The third-order valence-corrected chi connectivity index (χ3v) is 11.9. The highest BCUT2D eigenvalue weighted by molar-refractivity contribution is 6.09. The van der Waals surface area contributed by atoms with E-state index in [-0.39, 0.29) is 29.0 Å². The summed E-state index contributed by atoms with van der Waals surface area (Å²) in [4.78, 5) is 4.87. The highest BCUT2D eigenvalue weighted by Gasteiger charge is 2.27. The quantitative estimate of drug-likeness (QED) is 0.124. The average Bonchev–Trinajstić information content (AvgIpc) is 3.78. The number of pyridine rings is 1. The number of rotatable bonds is 6. The molecular weight excluding hydrogens is 769 g/mol. The molecule has 3 aromatic heterocycles. The Bertz CT molecular complexity index is 3320. The summed E-state index contributed by atoms with van der Waals surface area (Å²) in [5.41, 5.74) is 9.17. The van der Waals surface area contributed by atoms with Crippen LogP contribution in [0.3, 0.4) is 0 Å². The lowest BCUT2D eigenvalue weighted by Crippen LogP contribution is -2.34. The molecule has 0 radical (unpaired) electrons. The zero-order valence-electron chi connectivity index (χ0n) is 41.8. The number of nitrogens with zero attached hydrogens (tertiary/aromatic N) is 4. The number of imidazole rings is 1. The van der Waals surface area contributed by atoms with E-state index in [1.54, 1.807) is 0 Å². The van der Waals surface area contributed by atoms with Gasteiger partial charge in [0.1, 0.15) is 17.3 Å². The van der Waals surface area contributed by atoms with Crippen LogP contribution < -0.4 is 9.30 Å². The fraction of sp³-hybridized carbons (Fsp3) is 0.276. The van der Waals surface area contributed by atoms with Crippen LogP contribution in [-0.4, -0.2) is 14.1 Å². The van der Waals surface area contributed by atoms with Crippen molar-refractivity contribution in [2.75, 3.05) is 0 Å². The fourth-order valence-electron chi connectivity index (χ4n) is 8.45. The van der Waals surface area contributed by atoms with Crippen molar-refractivity contribution in [1.29, 1.82) is 0 Å². The van der Waals surface area contributed by atoms with Gasteiger partial charge in [0.05, 0.1) is 37.6 Å². The number of aromatic nitrogens is 4. The van der Waals surface area contributed by atoms with Gasteiger partial charge in [-0.2, -0.15) is 0 Å². The molecule has 318 valence electrons. The Labute approximate surface area is 377 Å². The molecule has 63 heavy (non-hydrogen) atoms. The molecule has 0 atom stereocenters. The smallest absolute Gasteiger partial charge is 0.269 e. The maximum absolute atomic E-state index is 9.80. The first-order valence-electron chi connectivity index (χ1n) is 23.6. The Morgan fingerprint density at radius 3 is 1.89 bits per heavy atom. The van der Waals surface area contributed by atoms with E-state index in [1.165, 1.54) is 5.56 Å². The van der Waals surface area contributed by atoms with Crippen molar-refractivity contribution in [3.8, 4) is 39.8 Å². The van der Waals surface area contributed by atoms with E-state index in [4.69, 9.17) is 9.72 Å². The van der Waals surface area contributed by atoms with Gasteiger partial charge in [-0.1, -0.05) is 168 Å². The van der Waals surface area contributed by atoms with Gasteiger partial charge in [-0.05, 0) is 104 Å². The molecular formula is C58H60N4O. The summed E-state index contributed by atoms with van der Waals surface area (Å²) >= 11 is 0. The van der Waals surface area contributed by atoms with Crippen LogP contribution >= 0.6 is 0 Å². The third-order valence-electron chi connectivity index (χ3n) is 11.9. The van der Waals surface area contributed by atoms with E-state index in [0.29, 0.717) is 28.2 Å². The number of hydrogen-bond donors (Lipinski definition) is 0. The van der Waals surface area contributed by atoms with Gasteiger partial charge in [0.25, 0.3) is 6.33 Å². The molecule has 3 heterocycles. The van der Waals surface area contributed by atoms with Crippen LogP contribution in [0.2, 0.25) is 0 Å². The van der Waals surface area contributed by atoms with Crippen LogP contribution in [0.4, 0.5) is 0 Å². The first-order valence-corrected chi connectivity index (χ1v) is 22.1. The first kappa shape index (κ1) is 38.2. The van der Waals surface area contributed by atoms with Gasteiger partial charge in [0.2, 0.25) is 0 Å². The number of para-hydroxylation sites is 4. The molecule has 0 amide bonds. The Morgan fingerprint density at radius 1 is 0.556 bits per heavy atom. The number of hydrogen-bond acceptors (Lipinski definition) is 2. The van der Waals surface area contributed by atoms with Gasteiger partial charge in [0, 0.05) is 23.0 Å². The van der Waals surface area contributed by atoms with Gasteiger partial charge >= 0.3 is 0 Å². The van der Waals surface area contributed by atoms with Crippen LogP contribution in [0.5, 0.6) is 11.5 Å². The molecule has 0 bridgehead atoms. The second kappa shape index (κ2) is 15.1. The van der Waals surface area contributed by atoms with Crippen LogP contribution in [0.15, 0.2) is 146 Å². The Kier molecular flexibility index (Phi) is 9.17. The minimum absolute atomic E-state index is 0.0339. The lowest BCUT2D eigenvalue weighted by molar-refractivity contribution is -0.572. The van der Waals surface area contributed by atoms with Gasteiger partial charge in [0.15, 0.2) is 0 Å². The molecule has 9 aromatic rings. The van der Waals surface area contributed by atoms with Crippen molar-refractivity contribution in [2.45, 2.75) is 105 Å². The van der Waals surface area contributed by atoms with Crippen molar-refractivity contribution in [3.05, 3.63) is 174 Å². The number of ether oxygens (including phenoxy) is 1. The molecule has 9 rings (SSSR count). The van der Waals surface area contributed by atoms with Crippen molar-refractivity contribution in [2.24, 2.45) is 0 Å². The highest BCUT2D eigenvalue weighted by Crippen LogP contribution is 2.40. The molecule has 0 aliphatic rings. The zero-order chi connectivity index (χ0) is 47.2. The molecule has 0 aliphatic carbocycles. The van der Waals surface area contributed by atoms with E-state index in [9.17, 15) is 4.11 Å². The zero-order valence-corrected chi connectivity index (χ0v) is 38.8. The van der Waals surface area contributed by atoms with Crippen molar-refractivity contribution in [1.82, 2.24) is 14.1 Å². The lowest BCUT2D eigenvalue weighted by Gasteiger charge is -2.29. The van der Waals surface area contributed by atoms with E-state index >= 15 is 0 Å². The minimum atomic E-state index is -0.500. The summed E-state index contributed by atoms with van der Waals surface area (Å²) in [7, 11) is 0.